The first-order valence-electron chi connectivity index (χ1n) is 16.4. The zero-order chi connectivity index (χ0) is 36.0. The second kappa shape index (κ2) is 16.0. The van der Waals surface area contributed by atoms with Gasteiger partial charge in [-0.3, -0.25) is 14.4 Å². The molecule has 3 atom stereocenters. The van der Waals surface area contributed by atoms with Crippen molar-refractivity contribution in [3.05, 3.63) is 69.4 Å². The number of aryl methyl sites for hydroxylation is 1. The summed E-state index contributed by atoms with van der Waals surface area (Å²) in [5, 5.41) is 9.49. The van der Waals surface area contributed by atoms with E-state index in [0.29, 0.717) is 52.7 Å². The first-order valence-corrected chi connectivity index (χ1v) is 16.4. The number of rotatable bonds is 13. The van der Waals surface area contributed by atoms with Gasteiger partial charge in [0.05, 0.1) is 53.3 Å². The van der Waals surface area contributed by atoms with E-state index in [-0.39, 0.29) is 40.8 Å². The lowest BCUT2D eigenvalue weighted by atomic mass is 9.94. The minimum Gasteiger partial charge on any atom is -0.493 e. The molecule has 1 unspecified atom stereocenters. The van der Waals surface area contributed by atoms with Crippen molar-refractivity contribution in [3.8, 4) is 39.9 Å². The normalized spacial score (nSPS) is 14.8. The molecule has 1 aliphatic rings. The first kappa shape index (κ1) is 36.9. The molecule has 0 aliphatic heterocycles. The van der Waals surface area contributed by atoms with E-state index in [9.17, 15) is 14.4 Å². The molecule has 3 aromatic rings. The van der Waals surface area contributed by atoms with Crippen LogP contribution in [0.15, 0.2) is 47.3 Å². The van der Waals surface area contributed by atoms with Gasteiger partial charge in [0.15, 0.2) is 23.0 Å². The van der Waals surface area contributed by atoms with Gasteiger partial charge in [-0.2, -0.15) is 0 Å². The Kier molecular flexibility index (Phi) is 12.0. The van der Waals surface area contributed by atoms with Crippen LogP contribution >= 0.6 is 0 Å². The molecule has 0 saturated heterocycles. The fourth-order valence-electron chi connectivity index (χ4n) is 6.45. The molecule has 0 radical (unpaired) electrons. The molecule has 0 saturated carbocycles. The monoisotopic (exact) mass is 675 g/mol. The Morgan fingerprint density at radius 1 is 0.776 bits per heavy atom. The maximum absolute atomic E-state index is 14.0. The van der Waals surface area contributed by atoms with Crippen molar-refractivity contribution in [1.82, 2.24) is 10.6 Å². The number of carbonyl (C=O) groups excluding carboxylic acids is 2. The smallest absolute Gasteiger partial charge is 0.243 e. The van der Waals surface area contributed by atoms with Gasteiger partial charge in [-0.05, 0) is 77.3 Å². The molecule has 0 fully saturated rings. The zero-order valence-electron chi connectivity index (χ0n) is 30.1. The summed E-state index contributed by atoms with van der Waals surface area (Å²) in [5.41, 5.74) is 3.80. The van der Waals surface area contributed by atoms with Crippen LogP contribution < -0.4 is 45.1 Å². The summed E-state index contributed by atoms with van der Waals surface area (Å²) in [6.07, 6.45) is 1.12. The van der Waals surface area contributed by atoms with Crippen LogP contribution in [0.1, 0.15) is 69.8 Å². The van der Waals surface area contributed by atoms with Gasteiger partial charge in [0, 0.05) is 12.5 Å². The summed E-state index contributed by atoms with van der Waals surface area (Å²) in [5.74, 6) is 1.97. The maximum Gasteiger partial charge on any atom is 0.243 e. The highest BCUT2D eigenvalue weighted by Gasteiger charge is 2.31. The van der Waals surface area contributed by atoms with Crippen molar-refractivity contribution >= 4 is 17.5 Å². The van der Waals surface area contributed by atoms with Gasteiger partial charge in [-0.25, -0.2) is 0 Å². The third-order valence-corrected chi connectivity index (χ3v) is 8.91. The van der Waals surface area contributed by atoms with E-state index in [2.05, 4.69) is 16.0 Å². The molecular weight excluding hydrogens is 626 g/mol. The maximum atomic E-state index is 14.0. The van der Waals surface area contributed by atoms with E-state index < -0.39 is 12.1 Å². The van der Waals surface area contributed by atoms with Crippen molar-refractivity contribution < 1.29 is 33.3 Å². The fourth-order valence-corrected chi connectivity index (χ4v) is 6.45. The summed E-state index contributed by atoms with van der Waals surface area (Å²) in [6, 6.07) is 11.0. The number of nitrogens with one attached hydrogen (secondary N) is 3. The van der Waals surface area contributed by atoms with Crippen molar-refractivity contribution in [1.29, 1.82) is 0 Å². The molecule has 4 rings (SSSR count). The van der Waals surface area contributed by atoms with Crippen molar-refractivity contribution in [2.75, 3.05) is 40.9 Å². The first-order chi connectivity index (χ1) is 23.4. The van der Waals surface area contributed by atoms with E-state index in [1.165, 1.54) is 6.92 Å². The molecule has 0 bridgehead atoms. The molecular formula is C38H49N3O8. The lowest BCUT2D eigenvalue weighted by Crippen LogP contribution is -2.46. The Labute approximate surface area is 288 Å². The van der Waals surface area contributed by atoms with Gasteiger partial charge >= 0.3 is 0 Å². The molecule has 49 heavy (non-hydrogen) atoms. The second-order valence-electron chi connectivity index (χ2n) is 12.8. The Morgan fingerprint density at radius 3 is 2.02 bits per heavy atom. The van der Waals surface area contributed by atoms with E-state index in [1.807, 2.05) is 58.0 Å². The minimum atomic E-state index is -0.742. The number of fused-ring (bicyclic) bond motifs is 3. The van der Waals surface area contributed by atoms with Gasteiger partial charge in [0.2, 0.25) is 23.0 Å². The van der Waals surface area contributed by atoms with Crippen molar-refractivity contribution in [3.63, 3.8) is 0 Å². The average molecular weight is 676 g/mol. The predicted molar refractivity (Wildman–Crippen MR) is 190 cm³/mol. The van der Waals surface area contributed by atoms with Gasteiger partial charge in [-0.1, -0.05) is 39.8 Å². The Morgan fingerprint density at radius 2 is 1.45 bits per heavy atom. The highest BCUT2D eigenvalue weighted by Crippen LogP contribution is 2.50. The molecule has 11 heteroatoms. The van der Waals surface area contributed by atoms with Crippen LogP contribution in [0.2, 0.25) is 0 Å². The van der Waals surface area contributed by atoms with E-state index in [0.717, 1.165) is 16.7 Å². The lowest BCUT2D eigenvalue weighted by molar-refractivity contribution is -0.123. The Hall–Kier alpha value is -4.93. The number of ether oxygens (including phenoxy) is 5. The number of amides is 2. The molecule has 3 aromatic carbocycles. The number of carbonyl (C=O) groups is 2. The number of hydrogen-bond donors (Lipinski definition) is 3. The highest BCUT2D eigenvalue weighted by atomic mass is 16.5. The van der Waals surface area contributed by atoms with Gasteiger partial charge in [-0.15, -0.1) is 0 Å². The standard InChI is InChI=1S/C38H49N3O8/c1-20(2)34(24-12-16-30(45-6)31(18-24)46-7)41-38(44)35(21(3)4)40-28-15-13-25-26(19-29(28)43)27(39-22(5)42)14-11-23-17-32(47-8)36(48-9)37(49-10)33(23)25/h12-13,15-21,27,34-35H,11,14H2,1-10H3,(H,39,42)(H,40,43)(H,41,44)/t27-,34?,35-/m0/s1. The molecule has 2 amide bonds. The third kappa shape index (κ3) is 7.87. The molecule has 0 heterocycles. The van der Waals surface area contributed by atoms with Crippen molar-refractivity contribution in [2.45, 2.75) is 65.6 Å². The Balaban J connectivity index is 1.79. The predicted octanol–water partition coefficient (Wildman–Crippen LogP) is 5.83. The molecule has 0 spiro atoms. The van der Waals surface area contributed by atoms with Gasteiger partial charge in [0.25, 0.3) is 0 Å². The number of methoxy groups -OCH3 is 5. The SMILES string of the molecule is COc1ccc(C(NC(=O)[C@@H](Nc2ccc3c(cc2=O)[C@@H](NC(C)=O)CCc2cc(OC)c(OC)c(OC)c2-3)C(C)C)C(C)C)cc1OC. The second-order valence-corrected chi connectivity index (χ2v) is 12.8. The molecule has 264 valence electrons. The topological polar surface area (TPSA) is 133 Å². The highest BCUT2D eigenvalue weighted by molar-refractivity contribution is 5.86. The van der Waals surface area contributed by atoms with E-state index >= 15 is 0 Å². The van der Waals surface area contributed by atoms with Crippen LogP contribution in [0.5, 0.6) is 28.7 Å². The molecule has 0 aromatic heterocycles. The summed E-state index contributed by atoms with van der Waals surface area (Å²) < 4.78 is 28.1. The van der Waals surface area contributed by atoms with E-state index in [1.54, 1.807) is 47.7 Å². The quantitative estimate of drug-likeness (QED) is 0.205. The molecule has 3 N–H and O–H groups in total. The fraction of sp³-hybridized carbons (Fsp3) is 0.447. The number of benzene rings is 2. The summed E-state index contributed by atoms with van der Waals surface area (Å²) in [7, 11) is 7.81. The van der Waals surface area contributed by atoms with Crippen LogP contribution in [0.3, 0.4) is 0 Å². The van der Waals surface area contributed by atoms with Gasteiger partial charge in [0.1, 0.15) is 6.04 Å². The molecule has 11 nitrogen and oxygen atoms in total. The summed E-state index contributed by atoms with van der Waals surface area (Å²) in [6.45, 7) is 9.36. The van der Waals surface area contributed by atoms with Crippen LogP contribution in [0.25, 0.3) is 11.1 Å². The average Bonchev–Trinajstić information content (AvgIpc) is 3.32. The largest absolute Gasteiger partial charge is 0.493 e. The number of anilines is 1. The van der Waals surface area contributed by atoms with Crippen LogP contribution in [-0.2, 0) is 16.0 Å². The van der Waals surface area contributed by atoms with Crippen LogP contribution in [0, 0.1) is 11.8 Å². The van der Waals surface area contributed by atoms with E-state index in [4.69, 9.17) is 23.7 Å². The van der Waals surface area contributed by atoms with Crippen molar-refractivity contribution in [2.24, 2.45) is 11.8 Å². The summed E-state index contributed by atoms with van der Waals surface area (Å²) >= 11 is 0. The van der Waals surface area contributed by atoms with Crippen LogP contribution in [0.4, 0.5) is 5.69 Å². The third-order valence-electron chi connectivity index (χ3n) is 8.91. The minimum absolute atomic E-state index is 0.0477. The number of hydrogen-bond acceptors (Lipinski definition) is 9. The van der Waals surface area contributed by atoms with Crippen LogP contribution in [-0.4, -0.2) is 53.4 Å². The Bertz CT molecular complexity index is 1740. The molecule has 1 aliphatic carbocycles. The summed E-state index contributed by atoms with van der Waals surface area (Å²) in [4.78, 5) is 40.3. The van der Waals surface area contributed by atoms with Gasteiger partial charge < -0.3 is 39.6 Å². The lowest BCUT2D eigenvalue weighted by Gasteiger charge is -2.28. The zero-order valence-corrected chi connectivity index (χ0v) is 30.1.